The van der Waals surface area contributed by atoms with E-state index in [-0.39, 0.29) is 11.9 Å². The number of nitrogens with zero attached hydrogens (tertiary/aromatic N) is 3. The van der Waals surface area contributed by atoms with Crippen LogP contribution in [0.5, 0.6) is 11.6 Å². The number of aryl methyl sites for hydroxylation is 1. The van der Waals surface area contributed by atoms with Crippen LogP contribution in [-0.4, -0.2) is 38.5 Å². The molecule has 0 aliphatic carbocycles. The van der Waals surface area contributed by atoms with Gasteiger partial charge in [0.05, 0.1) is 11.7 Å². The first-order valence-electron chi connectivity index (χ1n) is 10.4. The minimum absolute atomic E-state index is 0.219. The van der Waals surface area contributed by atoms with Gasteiger partial charge in [-0.2, -0.15) is 5.10 Å². The van der Waals surface area contributed by atoms with Gasteiger partial charge in [0.1, 0.15) is 17.3 Å². The van der Waals surface area contributed by atoms with E-state index >= 15 is 0 Å². The second-order valence-corrected chi connectivity index (χ2v) is 7.77. The van der Waals surface area contributed by atoms with Crippen molar-refractivity contribution in [2.45, 2.75) is 45.9 Å². The molecule has 0 spiro atoms. The van der Waals surface area contributed by atoms with E-state index in [1.54, 1.807) is 16.8 Å². The predicted octanol–water partition coefficient (Wildman–Crippen LogP) is 5.00. The summed E-state index contributed by atoms with van der Waals surface area (Å²) in [7, 11) is 1.82. The summed E-state index contributed by atoms with van der Waals surface area (Å²) >= 11 is 0. The molecule has 1 N–H and O–H groups in total. The molecular weight excluding hydrogens is 381 g/mol. The molecule has 3 rings (SSSR count). The number of aliphatic hydroxyl groups is 1. The monoisotopic (exact) mass is 411 g/mol. The zero-order valence-corrected chi connectivity index (χ0v) is 18.0. The Balaban J connectivity index is 2.04. The van der Waals surface area contributed by atoms with Gasteiger partial charge >= 0.3 is 0 Å². The van der Waals surface area contributed by atoms with Crippen LogP contribution in [0.25, 0.3) is 11.3 Å². The molecule has 160 valence electrons. The highest BCUT2D eigenvalue weighted by atomic mass is 19.1. The molecule has 0 aliphatic rings. The highest BCUT2D eigenvalue weighted by Gasteiger charge is 2.24. The molecule has 0 aliphatic heterocycles. The topological polar surface area (TPSA) is 50.5 Å². The lowest BCUT2D eigenvalue weighted by molar-refractivity contribution is 0.0877. The number of halogens is 1. The van der Waals surface area contributed by atoms with Gasteiger partial charge in [0, 0.05) is 37.8 Å². The lowest BCUT2D eigenvalue weighted by Gasteiger charge is -2.28. The molecule has 0 saturated carbocycles. The smallest absolute Gasteiger partial charge is 0.222 e. The molecule has 1 unspecified atom stereocenters. The van der Waals surface area contributed by atoms with E-state index in [0.717, 1.165) is 16.8 Å². The summed E-state index contributed by atoms with van der Waals surface area (Å²) in [6.07, 6.45) is 0.283. The fourth-order valence-electron chi connectivity index (χ4n) is 3.35. The van der Waals surface area contributed by atoms with Crippen molar-refractivity contribution >= 4 is 0 Å². The third kappa shape index (κ3) is 5.26. The lowest BCUT2D eigenvalue weighted by atomic mass is 10.1. The molecule has 0 amide bonds. The highest BCUT2D eigenvalue weighted by Crippen LogP contribution is 2.34. The van der Waals surface area contributed by atoms with Crippen molar-refractivity contribution in [3.8, 4) is 22.9 Å². The molecule has 1 aromatic heterocycles. The Morgan fingerprint density at radius 3 is 2.50 bits per heavy atom. The van der Waals surface area contributed by atoms with Gasteiger partial charge in [-0.15, -0.1) is 0 Å². The average Bonchev–Trinajstić information content (AvgIpc) is 3.03. The van der Waals surface area contributed by atoms with Crippen molar-refractivity contribution in [2.24, 2.45) is 7.05 Å². The van der Waals surface area contributed by atoms with Crippen molar-refractivity contribution < 1.29 is 14.2 Å². The van der Waals surface area contributed by atoms with Gasteiger partial charge in [0.2, 0.25) is 5.88 Å². The zero-order chi connectivity index (χ0) is 21.7. The SMILES string of the molecule is CCC(O)CN(Cc1c(-c2ccccc2)nn(C)c1Oc1cccc(F)c1)C(C)C. The van der Waals surface area contributed by atoms with Crippen LogP contribution in [0, 0.1) is 5.82 Å². The van der Waals surface area contributed by atoms with Crippen molar-refractivity contribution in [3.63, 3.8) is 0 Å². The van der Waals surface area contributed by atoms with Gasteiger partial charge in [-0.1, -0.05) is 43.3 Å². The van der Waals surface area contributed by atoms with Gasteiger partial charge in [0.25, 0.3) is 0 Å². The molecule has 1 heterocycles. The van der Waals surface area contributed by atoms with Crippen LogP contribution in [0.1, 0.15) is 32.8 Å². The van der Waals surface area contributed by atoms with E-state index in [2.05, 4.69) is 18.7 Å². The zero-order valence-electron chi connectivity index (χ0n) is 18.0. The third-order valence-corrected chi connectivity index (χ3v) is 5.15. The number of hydrogen-bond acceptors (Lipinski definition) is 4. The first kappa shape index (κ1) is 22.0. The first-order valence-corrected chi connectivity index (χ1v) is 10.4. The standard InChI is InChI=1S/C24H30FN3O2/c1-5-20(29)15-28(17(2)3)16-22-23(18-10-7-6-8-11-18)26-27(4)24(22)30-21-13-9-12-19(25)14-21/h6-14,17,20,29H,5,15-16H2,1-4H3. The average molecular weight is 412 g/mol. The molecule has 30 heavy (non-hydrogen) atoms. The number of benzene rings is 2. The van der Waals surface area contributed by atoms with Crippen LogP contribution in [0.4, 0.5) is 4.39 Å². The first-order chi connectivity index (χ1) is 14.4. The van der Waals surface area contributed by atoms with Crippen molar-refractivity contribution in [3.05, 3.63) is 66.0 Å². The molecule has 6 heteroatoms. The summed E-state index contributed by atoms with van der Waals surface area (Å²) in [6, 6.07) is 16.3. The largest absolute Gasteiger partial charge is 0.439 e. The van der Waals surface area contributed by atoms with Crippen molar-refractivity contribution in [1.29, 1.82) is 0 Å². The number of rotatable bonds is 9. The summed E-state index contributed by atoms with van der Waals surface area (Å²) in [4.78, 5) is 2.20. The van der Waals surface area contributed by atoms with Crippen LogP contribution in [-0.2, 0) is 13.6 Å². The van der Waals surface area contributed by atoms with E-state index in [4.69, 9.17) is 9.84 Å². The molecule has 0 radical (unpaired) electrons. The third-order valence-electron chi connectivity index (χ3n) is 5.15. The van der Waals surface area contributed by atoms with Crippen LogP contribution in [0.3, 0.4) is 0 Å². The summed E-state index contributed by atoms with van der Waals surface area (Å²) in [5.74, 6) is 0.633. The Kier molecular flexibility index (Phi) is 7.24. The van der Waals surface area contributed by atoms with E-state index in [1.807, 2.05) is 44.3 Å². The van der Waals surface area contributed by atoms with E-state index < -0.39 is 6.10 Å². The molecule has 3 aromatic rings. The van der Waals surface area contributed by atoms with Gasteiger partial charge in [-0.3, -0.25) is 4.90 Å². The Labute approximate surface area is 177 Å². The minimum atomic E-state index is -0.406. The number of ether oxygens (including phenoxy) is 1. The normalized spacial score (nSPS) is 12.5. The fourth-order valence-corrected chi connectivity index (χ4v) is 3.35. The van der Waals surface area contributed by atoms with Crippen LogP contribution < -0.4 is 4.74 Å². The quantitative estimate of drug-likeness (QED) is 0.538. The second-order valence-electron chi connectivity index (χ2n) is 7.77. The van der Waals surface area contributed by atoms with Gasteiger partial charge in [-0.05, 0) is 32.4 Å². The maximum Gasteiger partial charge on any atom is 0.222 e. The second kappa shape index (κ2) is 9.87. The predicted molar refractivity (Wildman–Crippen MR) is 117 cm³/mol. The Morgan fingerprint density at radius 2 is 1.87 bits per heavy atom. The van der Waals surface area contributed by atoms with E-state index in [1.165, 1.54) is 12.1 Å². The number of aromatic nitrogens is 2. The maximum absolute atomic E-state index is 13.7. The molecule has 5 nitrogen and oxygen atoms in total. The molecule has 0 saturated heterocycles. The highest BCUT2D eigenvalue weighted by molar-refractivity contribution is 5.65. The molecule has 1 atom stereocenters. The summed E-state index contributed by atoms with van der Waals surface area (Å²) in [5, 5.41) is 15.0. The molecule has 2 aromatic carbocycles. The fraction of sp³-hybridized carbons (Fsp3) is 0.375. The van der Waals surface area contributed by atoms with E-state index in [9.17, 15) is 9.50 Å². The minimum Gasteiger partial charge on any atom is -0.439 e. The van der Waals surface area contributed by atoms with E-state index in [0.29, 0.717) is 31.1 Å². The Morgan fingerprint density at radius 1 is 1.13 bits per heavy atom. The summed E-state index contributed by atoms with van der Waals surface area (Å²) in [5.41, 5.74) is 2.71. The van der Waals surface area contributed by atoms with Gasteiger partial charge in [0.15, 0.2) is 0 Å². The Hall–Kier alpha value is -2.70. The van der Waals surface area contributed by atoms with Crippen LogP contribution in [0.15, 0.2) is 54.6 Å². The number of aliphatic hydroxyl groups excluding tert-OH is 1. The summed E-state index contributed by atoms with van der Waals surface area (Å²) in [6.45, 7) is 7.29. The van der Waals surface area contributed by atoms with Crippen LogP contribution >= 0.6 is 0 Å². The van der Waals surface area contributed by atoms with Gasteiger partial charge in [-0.25, -0.2) is 9.07 Å². The van der Waals surface area contributed by atoms with Crippen molar-refractivity contribution in [2.75, 3.05) is 6.54 Å². The molecule has 0 fully saturated rings. The molecular formula is C24H30FN3O2. The maximum atomic E-state index is 13.7. The number of hydrogen-bond donors (Lipinski definition) is 1. The molecule has 0 bridgehead atoms. The van der Waals surface area contributed by atoms with Crippen LogP contribution in [0.2, 0.25) is 0 Å². The Bertz CT molecular complexity index is 956. The summed E-state index contributed by atoms with van der Waals surface area (Å²) < 4.78 is 21.5. The van der Waals surface area contributed by atoms with Gasteiger partial charge < -0.3 is 9.84 Å². The lowest BCUT2D eigenvalue weighted by Crippen LogP contribution is -2.37. The van der Waals surface area contributed by atoms with Crippen molar-refractivity contribution in [1.82, 2.24) is 14.7 Å².